The number of aryl methyl sites for hydroxylation is 1. The van der Waals surface area contributed by atoms with E-state index in [2.05, 4.69) is 10.6 Å². The van der Waals surface area contributed by atoms with Gasteiger partial charge in [0.25, 0.3) is 0 Å². The number of nitrogens with one attached hydrogen (secondary N) is 2. The third kappa shape index (κ3) is 5.27. The van der Waals surface area contributed by atoms with Gasteiger partial charge in [-0.15, -0.1) is 0 Å². The van der Waals surface area contributed by atoms with E-state index in [1.165, 1.54) is 7.11 Å². The van der Waals surface area contributed by atoms with Crippen LogP contribution in [0.15, 0.2) is 66.7 Å². The van der Waals surface area contributed by atoms with Crippen molar-refractivity contribution in [2.24, 2.45) is 0 Å². The molecule has 0 radical (unpaired) electrons. The first kappa shape index (κ1) is 23.8. The van der Waals surface area contributed by atoms with Crippen LogP contribution in [0.3, 0.4) is 0 Å². The molecule has 1 aliphatic rings. The van der Waals surface area contributed by atoms with Gasteiger partial charge < -0.3 is 25.2 Å². The van der Waals surface area contributed by atoms with Crippen LogP contribution < -0.4 is 15.4 Å². The Balaban J connectivity index is 1.44. The summed E-state index contributed by atoms with van der Waals surface area (Å²) < 4.78 is 10.6. The largest absolute Gasteiger partial charge is 0.497 e. The number of amides is 2. The van der Waals surface area contributed by atoms with E-state index >= 15 is 0 Å². The number of anilines is 1. The average Bonchev–Trinajstić information content (AvgIpc) is 3.17. The maximum absolute atomic E-state index is 12.8. The SMILES string of the molecule is COc1ccc(C)c(NC(=O)C(CC(=O)O)NC(=O)OCC2c3ccccc3-c3ccccc32)c1. The monoisotopic (exact) mass is 474 g/mol. The van der Waals surface area contributed by atoms with E-state index in [4.69, 9.17) is 9.47 Å². The lowest BCUT2D eigenvalue weighted by Gasteiger charge is -2.19. The molecule has 0 saturated heterocycles. The van der Waals surface area contributed by atoms with Crippen molar-refractivity contribution in [1.82, 2.24) is 5.32 Å². The zero-order valence-electron chi connectivity index (χ0n) is 19.4. The molecule has 0 bridgehead atoms. The normalized spacial score (nSPS) is 12.7. The van der Waals surface area contributed by atoms with Gasteiger partial charge in [-0.2, -0.15) is 0 Å². The highest BCUT2D eigenvalue weighted by atomic mass is 16.5. The van der Waals surface area contributed by atoms with Crippen molar-refractivity contribution in [2.45, 2.75) is 25.3 Å². The van der Waals surface area contributed by atoms with Crippen LogP contribution >= 0.6 is 0 Å². The van der Waals surface area contributed by atoms with Crippen molar-refractivity contribution in [3.05, 3.63) is 83.4 Å². The maximum Gasteiger partial charge on any atom is 0.407 e. The number of alkyl carbamates (subject to hydrolysis) is 1. The van der Waals surface area contributed by atoms with Gasteiger partial charge in [0.2, 0.25) is 5.91 Å². The molecule has 180 valence electrons. The summed E-state index contributed by atoms with van der Waals surface area (Å²) in [4.78, 5) is 36.8. The van der Waals surface area contributed by atoms with Gasteiger partial charge in [-0.05, 0) is 40.8 Å². The third-order valence-electron chi connectivity index (χ3n) is 6.03. The molecule has 4 rings (SSSR count). The number of rotatable bonds is 8. The van der Waals surface area contributed by atoms with E-state index in [-0.39, 0.29) is 12.5 Å². The summed E-state index contributed by atoms with van der Waals surface area (Å²) in [7, 11) is 1.50. The highest BCUT2D eigenvalue weighted by Crippen LogP contribution is 2.44. The van der Waals surface area contributed by atoms with Crippen LogP contribution in [-0.2, 0) is 14.3 Å². The Hall–Kier alpha value is -4.33. The zero-order chi connectivity index (χ0) is 24.9. The van der Waals surface area contributed by atoms with Gasteiger partial charge in [-0.1, -0.05) is 54.6 Å². The summed E-state index contributed by atoms with van der Waals surface area (Å²) in [6.45, 7) is 1.84. The van der Waals surface area contributed by atoms with Crippen LogP contribution in [0.2, 0.25) is 0 Å². The van der Waals surface area contributed by atoms with E-state index in [1.807, 2.05) is 48.5 Å². The fraction of sp³-hybridized carbons (Fsp3) is 0.222. The summed E-state index contributed by atoms with van der Waals surface area (Å²) in [5, 5.41) is 14.3. The average molecular weight is 475 g/mol. The van der Waals surface area contributed by atoms with E-state index in [0.717, 1.165) is 27.8 Å². The van der Waals surface area contributed by atoms with Crippen LogP contribution in [0, 0.1) is 6.92 Å². The topological polar surface area (TPSA) is 114 Å². The molecule has 1 aliphatic carbocycles. The number of benzene rings is 3. The van der Waals surface area contributed by atoms with Gasteiger partial charge in [0.05, 0.1) is 13.5 Å². The van der Waals surface area contributed by atoms with E-state index in [1.54, 1.807) is 25.1 Å². The summed E-state index contributed by atoms with van der Waals surface area (Å²) in [5.74, 6) is -1.52. The number of carbonyl (C=O) groups is 3. The maximum atomic E-state index is 12.8. The molecule has 0 aliphatic heterocycles. The van der Waals surface area contributed by atoms with Crippen molar-refractivity contribution >= 4 is 23.7 Å². The molecule has 1 unspecified atom stereocenters. The lowest BCUT2D eigenvalue weighted by atomic mass is 9.98. The fourth-order valence-corrected chi connectivity index (χ4v) is 4.25. The Morgan fingerprint density at radius 1 is 0.971 bits per heavy atom. The van der Waals surface area contributed by atoms with Gasteiger partial charge in [-0.3, -0.25) is 9.59 Å². The van der Waals surface area contributed by atoms with Crippen molar-refractivity contribution in [3.8, 4) is 16.9 Å². The minimum absolute atomic E-state index is 0.0518. The van der Waals surface area contributed by atoms with Gasteiger partial charge in [0.15, 0.2) is 0 Å². The lowest BCUT2D eigenvalue weighted by molar-refractivity contribution is -0.139. The first-order valence-electron chi connectivity index (χ1n) is 11.2. The molecule has 3 N–H and O–H groups in total. The Labute approximate surface area is 202 Å². The van der Waals surface area contributed by atoms with E-state index < -0.39 is 30.4 Å². The molecule has 3 aromatic carbocycles. The summed E-state index contributed by atoms with van der Waals surface area (Å²) >= 11 is 0. The predicted octanol–water partition coefficient (Wildman–Crippen LogP) is 4.32. The van der Waals surface area contributed by atoms with Gasteiger partial charge in [-0.25, -0.2) is 4.79 Å². The van der Waals surface area contributed by atoms with Crippen molar-refractivity contribution < 1.29 is 29.0 Å². The molecule has 8 nitrogen and oxygen atoms in total. The fourth-order valence-electron chi connectivity index (χ4n) is 4.25. The van der Waals surface area contributed by atoms with Crippen molar-refractivity contribution in [3.63, 3.8) is 0 Å². The molecular formula is C27H26N2O6. The lowest BCUT2D eigenvalue weighted by Crippen LogP contribution is -2.45. The van der Waals surface area contributed by atoms with E-state index in [0.29, 0.717) is 11.4 Å². The Kier molecular flexibility index (Phi) is 7.01. The number of ether oxygens (including phenoxy) is 2. The third-order valence-corrected chi connectivity index (χ3v) is 6.03. The van der Waals surface area contributed by atoms with Crippen molar-refractivity contribution in [1.29, 1.82) is 0 Å². The number of hydrogen-bond donors (Lipinski definition) is 3. The number of carbonyl (C=O) groups excluding carboxylic acids is 2. The van der Waals surface area contributed by atoms with Crippen LogP contribution in [-0.4, -0.2) is 42.8 Å². The Bertz CT molecular complexity index is 1230. The summed E-state index contributed by atoms with van der Waals surface area (Å²) in [6, 6.07) is 19.7. The number of aliphatic carboxylic acids is 1. The van der Waals surface area contributed by atoms with E-state index in [9.17, 15) is 19.5 Å². The molecule has 35 heavy (non-hydrogen) atoms. The first-order valence-corrected chi connectivity index (χ1v) is 11.2. The molecule has 0 aromatic heterocycles. The molecule has 3 aromatic rings. The number of hydrogen-bond acceptors (Lipinski definition) is 5. The molecule has 0 fully saturated rings. The van der Waals surface area contributed by atoms with Crippen LogP contribution in [0.5, 0.6) is 5.75 Å². The van der Waals surface area contributed by atoms with Crippen LogP contribution in [0.1, 0.15) is 29.0 Å². The molecule has 0 spiro atoms. The minimum Gasteiger partial charge on any atom is -0.497 e. The number of carboxylic acid groups (broad SMARTS) is 1. The number of fused-ring (bicyclic) bond motifs is 3. The Morgan fingerprint density at radius 2 is 1.60 bits per heavy atom. The molecule has 0 heterocycles. The minimum atomic E-state index is -1.33. The molecule has 2 amide bonds. The van der Waals surface area contributed by atoms with Gasteiger partial charge >= 0.3 is 12.1 Å². The summed E-state index contributed by atoms with van der Waals surface area (Å²) in [6.07, 6.45) is -1.46. The zero-order valence-corrected chi connectivity index (χ0v) is 19.4. The molecule has 0 saturated carbocycles. The predicted molar refractivity (Wildman–Crippen MR) is 131 cm³/mol. The number of carboxylic acids is 1. The first-order chi connectivity index (χ1) is 16.9. The van der Waals surface area contributed by atoms with Gasteiger partial charge in [0.1, 0.15) is 18.4 Å². The molecule has 8 heteroatoms. The van der Waals surface area contributed by atoms with Gasteiger partial charge in [0, 0.05) is 17.7 Å². The van der Waals surface area contributed by atoms with Crippen LogP contribution in [0.25, 0.3) is 11.1 Å². The molecular weight excluding hydrogens is 448 g/mol. The summed E-state index contributed by atoms with van der Waals surface area (Å²) in [5.41, 5.74) is 5.50. The second kappa shape index (κ2) is 10.3. The number of methoxy groups -OCH3 is 1. The van der Waals surface area contributed by atoms with Crippen LogP contribution in [0.4, 0.5) is 10.5 Å². The highest BCUT2D eigenvalue weighted by Gasteiger charge is 2.30. The van der Waals surface area contributed by atoms with Crippen molar-refractivity contribution in [2.75, 3.05) is 19.0 Å². The Morgan fingerprint density at radius 3 is 2.20 bits per heavy atom. The molecule has 1 atom stereocenters. The standard InChI is InChI=1S/C27H26N2O6/c1-16-11-12-17(34-2)13-23(16)28-26(32)24(14-25(30)31)29-27(33)35-15-22-20-9-5-3-7-18(20)19-8-4-6-10-21(19)22/h3-13,22,24H,14-15H2,1-2H3,(H,28,32)(H,29,33)(H,30,31). The quantitative estimate of drug-likeness (QED) is 0.448. The highest BCUT2D eigenvalue weighted by molar-refractivity contribution is 5.99. The second-order valence-corrected chi connectivity index (χ2v) is 8.29. The smallest absolute Gasteiger partial charge is 0.407 e. The second-order valence-electron chi connectivity index (χ2n) is 8.29.